The second-order valence-corrected chi connectivity index (χ2v) is 7.40. The largest absolute Gasteiger partial charge is 0.307 e. The van der Waals surface area contributed by atoms with E-state index in [1.807, 2.05) is 35.2 Å². The Morgan fingerprint density at radius 1 is 1.19 bits per heavy atom. The monoisotopic (exact) mass is 357 g/mol. The van der Waals surface area contributed by atoms with E-state index < -0.39 is 0 Å². The van der Waals surface area contributed by atoms with Gasteiger partial charge in [-0.05, 0) is 60.1 Å². The summed E-state index contributed by atoms with van der Waals surface area (Å²) in [5.74, 6) is 0.381. The molecular formula is C24H23NO2. The van der Waals surface area contributed by atoms with E-state index in [1.54, 1.807) is 0 Å². The molecule has 2 aromatic rings. The molecule has 0 radical (unpaired) electrons. The molecule has 0 N–H and O–H groups in total. The molecule has 1 aliphatic heterocycles. The van der Waals surface area contributed by atoms with Crippen molar-refractivity contribution < 1.29 is 9.59 Å². The summed E-state index contributed by atoms with van der Waals surface area (Å²) in [4.78, 5) is 26.7. The van der Waals surface area contributed by atoms with Crippen molar-refractivity contribution in [3.05, 3.63) is 76.9 Å². The van der Waals surface area contributed by atoms with E-state index in [1.165, 1.54) is 0 Å². The summed E-state index contributed by atoms with van der Waals surface area (Å²) >= 11 is 0. The first-order valence-electron chi connectivity index (χ1n) is 9.42. The predicted octanol–water partition coefficient (Wildman–Crippen LogP) is 4.94. The van der Waals surface area contributed by atoms with Crippen molar-refractivity contribution in [3.63, 3.8) is 0 Å². The first kappa shape index (κ1) is 17.5. The van der Waals surface area contributed by atoms with E-state index in [2.05, 4.69) is 31.7 Å². The number of nitrogens with zero attached hydrogens (tertiary/aromatic N) is 1. The molecule has 2 aromatic carbocycles. The van der Waals surface area contributed by atoms with Crippen molar-refractivity contribution in [2.75, 3.05) is 4.90 Å². The Hall–Kier alpha value is -2.94. The molecule has 0 saturated heterocycles. The average Bonchev–Trinajstić information content (AvgIpc) is 3.52. The van der Waals surface area contributed by atoms with Gasteiger partial charge in [-0.1, -0.05) is 43.0 Å². The lowest BCUT2D eigenvalue weighted by atomic mass is 9.94. The predicted molar refractivity (Wildman–Crippen MR) is 109 cm³/mol. The van der Waals surface area contributed by atoms with Crippen LogP contribution in [0.15, 0.2) is 54.6 Å². The van der Waals surface area contributed by atoms with Crippen molar-refractivity contribution in [1.82, 2.24) is 0 Å². The van der Waals surface area contributed by atoms with Crippen LogP contribution in [0.25, 0.3) is 11.6 Å². The molecule has 27 heavy (non-hydrogen) atoms. The molecular weight excluding hydrogens is 334 g/mol. The van der Waals surface area contributed by atoms with E-state index >= 15 is 0 Å². The lowest BCUT2D eigenvalue weighted by Gasteiger charge is -2.24. The number of aldehydes is 1. The topological polar surface area (TPSA) is 37.4 Å². The number of hydrogen-bond acceptors (Lipinski definition) is 2. The zero-order valence-electron chi connectivity index (χ0n) is 15.6. The summed E-state index contributed by atoms with van der Waals surface area (Å²) in [6.45, 7) is 6.41. The number of carbonyl (C=O) groups is 2. The summed E-state index contributed by atoms with van der Waals surface area (Å²) in [6.07, 6.45) is 5.08. The summed E-state index contributed by atoms with van der Waals surface area (Å²) < 4.78 is 0. The summed E-state index contributed by atoms with van der Waals surface area (Å²) in [5, 5.41) is 0. The fraction of sp³-hybridized carbons (Fsp3) is 0.250. The molecule has 3 nitrogen and oxygen atoms in total. The summed E-state index contributed by atoms with van der Waals surface area (Å²) in [5.41, 5.74) is 6.96. The molecule has 1 saturated carbocycles. The van der Waals surface area contributed by atoms with E-state index in [9.17, 15) is 9.59 Å². The van der Waals surface area contributed by atoms with Gasteiger partial charge in [-0.25, -0.2) is 0 Å². The van der Waals surface area contributed by atoms with Gasteiger partial charge in [0.25, 0.3) is 0 Å². The standard InChI is InChI=1S/C24H23NO2/c1-3-18-12-17(9-8-16(18)2)14-25-22-7-5-4-6-21(22)24(19-10-11-19)20(15-26)13-23(25)27/h3-9,12,15,19H,1,10-11,13-14H2,2H3. The molecule has 1 fully saturated rings. The molecule has 4 rings (SSSR count). The van der Waals surface area contributed by atoms with E-state index in [-0.39, 0.29) is 12.3 Å². The van der Waals surface area contributed by atoms with E-state index in [0.717, 1.165) is 52.6 Å². The van der Waals surface area contributed by atoms with Gasteiger partial charge in [-0.2, -0.15) is 0 Å². The van der Waals surface area contributed by atoms with E-state index in [0.29, 0.717) is 18.0 Å². The highest BCUT2D eigenvalue weighted by molar-refractivity contribution is 6.07. The molecule has 0 spiro atoms. The van der Waals surface area contributed by atoms with Crippen molar-refractivity contribution in [2.24, 2.45) is 5.92 Å². The van der Waals surface area contributed by atoms with Crippen LogP contribution >= 0.6 is 0 Å². The SMILES string of the molecule is C=Cc1cc(CN2C(=O)CC(C=O)=C(C3CC3)c3ccccc32)ccc1C. The van der Waals surface area contributed by atoms with Gasteiger partial charge < -0.3 is 4.90 Å². The van der Waals surface area contributed by atoms with Crippen LogP contribution in [0.4, 0.5) is 5.69 Å². The summed E-state index contributed by atoms with van der Waals surface area (Å²) in [6, 6.07) is 14.2. The Kier molecular flexibility index (Phi) is 4.53. The molecule has 0 bridgehead atoms. The van der Waals surface area contributed by atoms with Crippen LogP contribution in [-0.2, 0) is 16.1 Å². The lowest BCUT2D eigenvalue weighted by Crippen LogP contribution is -2.30. The van der Waals surface area contributed by atoms with E-state index in [4.69, 9.17) is 0 Å². The molecule has 0 atom stereocenters. The number of carbonyl (C=O) groups excluding carboxylic acids is 2. The Labute approximate surface area is 160 Å². The molecule has 1 heterocycles. The third-order valence-corrected chi connectivity index (χ3v) is 5.51. The van der Waals surface area contributed by atoms with Gasteiger partial charge in [-0.15, -0.1) is 0 Å². The first-order valence-corrected chi connectivity index (χ1v) is 9.42. The van der Waals surface area contributed by atoms with Gasteiger partial charge in [0, 0.05) is 11.1 Å². The highest BCUT2D eigenvalue weighted by Crippen LogP contribution is 2.48. The minimum absolute atomic E-state index is 0.0269. The van der Waals surface area contributed by atoms with Crippen LogP contribution in [0.5, 0.6) is 0 Å². The van der Waals surface area contributed by atoms with Crippen LogP contribution in [0.1, 0.15) is 41.5 Å². The van der Waals surface area contributed by atoms with Gasteiger partial charge in [-0.3, -0.25) is 9.59 Å². The van der Waals surface area contributed by atoms with Crippen molar-refractivity contribution >= 4 is 29.5 Å². The number of anilines is 1. The Morgan fingerprint density at radius 2 is 1.96 bits per heavy atom. The number of benzene rings is 2. The number of allylic oxidation sites excluding steroid dienone is 1. The normalized spacial score (nSPS) is 16.8. The molecule has 1 amide bonds. The third kappa shape index (κ3) is 3.25. The quantitative estimate of drug-likeness (QED) is 0.711. The number of fused-ring (bicyclic) bond motifs is 1. The van der Waals surface area contributed by atoms with Crippen LogP contribution in [-0.4, -0.2) is 12.2 Å². The minimum atomic E-state index is -0.0269. The highest BCUT2D eigenvalue weighted by Gasteiger charge is 2.35. The molecule has 0 unspecified atom stereocenters. The lowest BCUT2D eigenvalue weighted by molar-refractivity contribution is -0.118. The van der Waals surface area contributed by atoms with Crippen LogP contribution in [0, 0.1) is 12.8 Å². The second-order valence-electron chi connectivity index (χ2n) is 7.40. The van der Waals surface area contributed by atoms with Gasteiger partial charge >= 0.3 is 0 Å². The maximum Gasteiger partial charge on any atom is 0.231 e. The maximum atomic E-state index is 13.1. The highest BCUT2D eigenvalue weighted by atomic mass is 16.2. The molecule has 0 aromatic heterocycles. The Morgan fingerprint density at radius 3 is 2.67 bits per heavy atom. The smallest absolute Gasteiger partial charge is 0.231 e. The van der Waals surface area contributed by atoms with Crippen molar-refractivity contribution in [2.45, 2.75) is 32.7 Å². The Bertz CT molecular complexity index is 966. The number of aryl methyl sites for hydroxylation is 1. The number of amides is 1. The van der Waals surface area contributed by atoms with Crippen LogP contribution in [0.3, 0.4) is 0 Å². The average molecular weight is 357 g/mol. The zero-order valence-corrected chi connectivity index (χ0v) is 15.6. The number of para-hydroxylation sites is 1. The van der Waals surface area contributed by atoms with Gasteiger partial charge in [0.05, 0.1) is 18.7 Å². The zero-order chi connectivity index (χ0) is 19.0. The minimum Gasteiger partial charge on any atom is -0.307 e. The fourth-order valence-electron chi connectivity index (χ4n) is 3.92. The van der Waals surface area contributed by atoms with Crippen molar-refractivity contribution in [1.29, 1.82) is 0 Å². The van der Waals surface area contributed by atoms with Gasteiger partial charge in [0.2, 0.25) is 5.91 Å². The van der Waals surface area contributed by atoms with Crippen LogP contribution < -0.4 is 4.90 Å². The fourth-order valence-corrected chi connectivity index (χ4v) is 3.92. The van der Waals surface area contributed by atoms with Crippen molar-refractivity contribution in [3.8, 4) is 0 Å². The molecule has 3 heteroatoms. The second kappa shape index (κ2) is 6.99. The maximum absolute atomic E-state index is 13.1. The number of rotatable bonds is 5. The van der Waals surface area contributed by atoms with Crippen LogP contribution in [0.2, 0.25) is 0 Å². The first-order chi connectivity index (χ1) is 13.1. The molecule has 136 valence electrons. The third-order valence-electron chi connectivity index (χ3n) is 5.51. The van der Waals surface area contributed by atoms with Gasteiger partial charge in [0.1, 0.15) is 6.29 Å². The number of hydrogen-bond donors (Lipinski definition) is 0. The molecule has 1 aliphatic carbocycles. The Balaban J connectivity index is 1.78. The summed E-state index contributed by atoms with van der Waals surface area (Å²) in [7, 11) is 0. The molecule has 2 aliphatic rings. The van der Waals surface area contributed by atoms with Gasteiger partial charge in [0.15, 0.2) is 0 Å².